The lowest BCUT2D eigenvalue weighted by Gasteiger charge is -2.37. The summed E-state index contributed by atoms with van der Waals surface area (Å²) in [5.74, 6) is 0.685. The van der Waals surface area contributed by atoms with Crippen LogP contribution in [0, 0.1) is 0 Å². The molecule has 3 aromatic rings. The van der Waals surface area contributed by atoms with Crippen molar-refractivity contribution < 1.29 is 23.8 Å². The normalized spacial score (nSPS) is 16.4. The van der Waals surface area contributed by atoms with E-state index in [1.54, 1.807) is 20.3 Å². The third-order valence-electron chi connectivity index (χ3n) is 6.75. The second-order valence-electron chi connectivity index (χ2n) is 8.97. The summed E-state index contributed by atoms with van der Waals surface area (Å²) in [7, 11) is 3.21. The highest BCUT2D eigenvalue weighted by atomic mass is 16.5. The number of anilines is 1. The largest absolute Gasteiger partial charge is 0.497 e. The highest BCUT2D eigenvalue weighted by Gasteiger charge is 2.51. The molecular formula is C30H32N2O5. The molecule has 0 saturated carbocycles. The molecule has 1 heterocycles. The quantitative estimate of drug-likeness (QED) is 0.281. The van der Waals surface area contributed by atoms with Crippen molar-refractivity contribution in [2.75, 3.05) is 32.2 Å². The summed E-state index contributed by atoms with van der Waals surface area (Å²) in [5.41, 5.74) is 2.28. The fourth-order valence-corrected chi connectivity index (χ4v) is 4.73. The topological polar surface area (TPSA) is 68.3 Å². The third kappa shape index (κ3) is 5.22. The van der Waals surface area contributed by atoms with Crippen LogP contribution < -0.4 is 14.4 Å². The highest BCUT2D eigenvalue weighted by Crippen LogP contribution is 2.45. The van der Waals surface area contributed by atoms with Crippen LogP contribution in [0.5, 0.6) is 11.5 Å². The number of carbonyl (C=O) groups is 2. The van der Waals surface area contributed by atoms with E-state index in [1.165, 1.54) is 4.90 Å². The van der Waals surface area contributed by atoms with E-state index in [-0.39, 0.29) is 19.1 Å². The molecule has 0 spiro atoms. The minimum absolute atomic E-state index is 0.153. The van der Waals surface area contributed by atoms with Crippen LogP contribution in [-0.2, 0) is 33.0 Å². The van der Waals surface area contributed by atoms with E-state index < -0.39 is 11.5 Å². The molecule has 0 fully saturated rings. The monoisotopic (exact) mass is 500 g/mol. The van der Waals surface area contributed by atoms with Gasteiger partial charge in [0.25, 0.3) is 5.91 Å². The van der Waals surface area contributed by atoms with Crippen LogP contribution >= 0.6 is 0 Å². The summed E-state index contributed by atoms with van der Waals surface area (Å²) in [6, 6.07) is 22.7. The Morgan fingerprint density at radius 1 is 1.03 bits per heavy atom. The van der Waals surface area contributed by atoms with E-state index in [1.807, 2.05) is 84.6 Å². The SMILES string of the molecule is C=CCN(Cc1ccc(OC)cc1OC)C1(C)C(=O)N(CC(=O)OCc2ccccc2)c2ccccc21. The lowest BCUT2D eigenvalue weighted by molar-refractivity contribution is -0.144. The molecule has 4 rings (SSSR count). The molecule has 1 unspecified atom stereocenters. The Labute approximate surface area is 217 Å². The summed E-state index contributed by atoms with van der Waals surface area (Å²) in [5, 5.41) is 0. The van der Waals surface area contributed by atoms with Crippen LogP contribution in [0.3, 0.4) is 0 Å². The zero-order chi connectivity index (χ0) is 26.4. The first-order valence-electron chi connectivity index (χ1n) is 12.1. The average Bonchev–Trinajstić information content (AvgIpc) is 3.15. The molecule has 1 atom stereocenters. The van der Waals surface area contributed by atoms with Crippen LogP contribution in [0.25, 0.3) is 0 Å². The van der Waals surface area contributed by atoms with Crippen molar-refractivity contribution >= 4 is 17.6 Å². The van der Waals surface area contributed by atoms with Crippen molar-refractivity contribution in [3.8, 4) is 11.5 Å². The van der Waals surface area contributed by atoms with Crippen molar-refractivity contribution in [2.45, 2.75) is 25.6 Å². The van der Waals surface area contributed by atoms with Gasteiger partial charge in [-0.2, -0.15) is 0 Å². The van der Waals surface area contributed by atoms with Gasteiger partial charge in [0.15, 0.2) is 0 Å². The first-order chi connectivity index (χ1) is 17.9. The predicted octanol–water partition coefficient (Wildman–Crippen LogP) is 4.70. The fraction of sp³-hybridized carbons (Fsp3) is 0.267. The van der Waals surface area contributed by atoms with Crippen LogP contribution in [-0.4, -0.2) is 44.1 Å². The molecule has 7 nitrogen and oxygen atoms in total. The van der Waals surface area contributed by atoms with E-state index in [0.29, 0.717) is 30.3 Å². The predicted molar refractivity (Wildman–Crippen MR) is 143 cm³/mol. The summed E-state index contributed by atoms with van der Waals surface area (Å²) in [6.45, 7) is 6.66. The number of nitrogens with zero attached hydrogens (tertiary/aromatic N) is 2. The number of methoxy groups -OCH3 is 2. The number of amides is 1. The second-order valence-corrected chi connectivity index (χ2v) is 8.97. The number of ether oxygens (including phenoxy) is 3. The van der Waals surface area contributed by atoms with E-state index in [4.69, 9.17) is 14.2 Å². The van der Waals surface area contributed by atoms with Gasteiger partial charge in [0.1, 0.15) is 30.2 Å². The summed E-state index contributed by atoms with van der Waals surface area (Å²) in [6.07, 6.45) is 1.77. The molecule has 0 saturated heterocycles. The van der Waals surface area contributed by atoms with E-state index in [2.05, 4.69) is 6.58 Å². The number of esters is 1. The van der Waals surface area contributed by atoms with Gasteiger partial charge in [-0.05, 0) is 24.6 Å². The lowest BCUT2D eigenvalue weighted by atomic mass is 9.90. The Kier molecular flexibility index (Phi) is 7.94. The molecule has 0 bridgehead atoms. The van der Waals surface area contributed by atoms with Crippen molar-refractivity contribution in [3.05, 3.63) is 102 Å². The lowest BCUT2D eigenvalue weighted by Crippen LogP contribution is -2.51. The van der Waals surface area contributed by atoms with Gasteiger partial charge in [-0.25, -0.2) is 0 Å². The number of hydrogen-bond acceptors (Lipinski definition) is 6. The molecule has 7 heteroatoms. The van der Waals surface area contributed by atoms with E-state index >= 15 is 0 Å². The van der Waals surface area contributed by atoms with Gasteiger partial charge in [0.2, 0.25) is 0 Å². The van der Waals surface area contributed by atoms with Crippen molar-refractivity contribution in [3.63, 3.8) is 0 Å². The number of hydrogen-bond donors (Lipinski definition) is 0. The molecule has 0 aromatic heterocycles. The molecule has 1 aliphatic heterocycles. The Morgan fingerprint density at radius 3 is 2.46 bits per heavy atom. The maximum absolute atomic E-state index is 14.0. The average molecular weight is 501 g/mol. The van der Waals surface area contributed by atoms with Gasteiger partial charge in [0, 0.05) is 36.0 Å². The maximum Gasteiger partial charge on any atom is 0.326 e. The molecule has 37 heavy (non-hydrogen) atoms. The number of rotatable bonds is 11. The van der Waals surface area contributed by atoms with Crippen LogP contribution in [0.2, 0.25) is 0 Å². The van der Waals surface area contributed by atoms with Gasteiger partial charge < -0.3 is 14.2 Å². The van der Waals surface area contributed by atoms with Gasteiger partial charge in [-0.1, -0.05) is 60.7 Å². The molecule has 192 valence electrons. The van der Waals surface area contributed by atoms with Crippen LogP contribution in [0.4, 0.5) is 5.69 Å². The smallest absolute Gasteiger partial charge is 0.326 e. The van der Waals surface area contributed by atoms with Gasteiger partial charge in [-0.3, -0.25) is 19.4 Å². The Morgan fingerprint density at radius 2 is 1.76 bits per heavy atom. The van der Waals surface area contributed by atoms with Gasteiger partial charge in [-0.15, -0.1) is 6.58 Å². The number of fused-ring (bicyclic) bond motifs is 1. The Balaban J connectivity index is 1.61. The molecular weight excluding hydrogens is 468 g/mol. The summed E-state index contributed by atoms with van der Waals surface area (Å²) < 4.78 is 16.4. The van der Waals surface area contributed by atoms with Gasteiger partial charge in [0.05, 0.1) is 14.2 Å². The first-order valence-corrected chi connectivity index (χ1v) is 12.1. The molecule has 1 amide bonds. The van der Waals surface area contributed by atoms with Gasteiger partial charge >= 0.3 is 5.97 Å². The number of benzene rings is 3. The molecule has 0 N–H and O–H groups in total. The van der Waals surface area contributed by atoms with Crippen molar-refractivity contribution in [1.82, 2.24) is 4.90 Å². The minimum Gasteiger partial charge on any atom is -0.497 e. The Hall–Kier alpha value is -4.10. The standard InChI is InChI=1S/C30H32N2O5/c1-5-17-31(19-23-15-16-24(35-3)18-27(23)36-4)30(2)25-13-9-10-14-26(25)32(29(30)34)20-28(33)37-21-22-11-7-6-8-12-22/h5-16,18H,1,17,19-21H2,2-4H3. The Bertz CT molecular complexity index is 1280. The molecule has 0 radical (unpaired) electrons. The summed E-state index contributed by atoms with van der Waals surface area (Å²) in [4.78, 5) is 30.4. The molecule has 1 aliphatic rings. The third-order valence-corrected chi connectivity index (χ3v) is 6.75. The first kappa shape index (κ1) is 26.0. The number of carbonyl (C=O) groups excluding carboxylic acids is 2. The van der Waals surface area contributed by atoms with Crippen LogP contribution in [0.1, 0.15) is 23.6 Å². The van der Waals surface area contributed by atoms with E-state index in [9.17, 15) is 9.59 Å². The highest BCUT2D eigenvalue weighted by molar-refractivity contribution is 6.09. The number of para-hydroxylation sites is 1. The zero-order valence-corrected chi connectivity index (χ0v) is 21.5. The molecule has 3 aromatic carbocycles. The minimum atomic E-state index is -1.03. The maximum atomic E-state index is 14.0. The van der Waals surface area contributed by atoms with E-state index in [0.717, 1.165) is 16.7 Å². The summed E-state index contributed by atoms with van der Waals surface area (Å²) >= 11 is 0. The van der Waals surface area contributed by atoms with Crippen LogP contribution in [0.15, 0.2) is 85.5 Å². The molecule has 0 aliphatic carbocycles. The zero-order valence-electron chi connectivity index (χ0n) is 21.5. The fourth-order valence-electron chi connectivity index (χ4n) is 4.73. The second kappa shape index (κ2) is 11.3. The van der Waals surface area contributed by atoms with Crippen molar-refractivity contribution in [1.29, 1.82) is 0 Å². The van der Waals surface area contributed by atoms with Crippen molar-refractivity contribution in [2.24, 2.45) is 0 Å².